The Morgan fingerprint density at radius 1 is 1.03 bits per heavy atom. The van der Waals surface area contributed by atoms with E-state index >= 15 is 0 Å². The lowest BCUT2D eigenvalue weighted by molar-refractivity contribution is -0.133. The fourth-order valence-corrected chi connectivity index (χ4v) is 3.77. The molecule has 1 aliphatic heterocycles. The highest BCUT2D eigenvalue weighted by Gasteiger charge is 2.24. The van der Waals surface area contributed by atoms with Gasteiger partial charge in [-0.1, -0.05) is 44.2 Å². The summed E-state index contributed by atoms with van der Waals surface area (Å²) in [5.41, 5.74) is 2.39. The van der Waals surface area contributed by atoms with Gasteiger partial charge in [0.1, 0.15) is 5.69 Å². The van der Waals surface area contributed by atoms with Gasteiger partial charge in [0.25, 0.3) is 5.91 Å². The molecule has 2 aromatic rings. The molecule has 1 aromatic carbocycles. The summed E-state index contributed by atoms with van der Waals surface area (Å²) in [6.45, 7) is 11.1. The average Bonchev–Trinajstić information content (AvgIpc) is 2.77. The number of hydrogen-bond acceptors (Lipinski definition) is 5. The number of nitrogens with zero attached hydrogens (tertiary/aromatic N) is 5. The van der Waals surface area contributed by atoms with Crippen LogP contribution in [0.2, 0.25) is 0 Å². The van der Waals surface area contributed by atoms with Crippen molar-refractivity contribution < 1.29 is 9.59 Å². The maximum absolute atomic E-state index is 12.9. The van der Waals surface area contributed by atoms with Crippen LogP contribution < -0.4 is 0 Å². The molecule has 1 aromatic heterocycles. The van der Waals surface area contributed by atoms with E-state index in [1.807, 2.05) is 17.9 Å². The molecule has 0 spiro atoms. The monoisotopic (exact) mass is 423 g/mol. The molecule has 0 unspecified atom stereocenters. The van der Waals surface area contributed by atoms with Gasteiger partial charge in [0.15, 0.2) is 0 Å². The van der Waals surface area contributed by atoms with Gasteiger partial charge in [-0.3, -0.25) is 19.5 Å². The summed E-state index contributed by atoms with van der Waals surface area (Å²) in [4.78, 5) is 40.1. The van der Waals surface area contributed by atoms with Gasteiger partial charge in [-0.2, -0.15) is 0 Å². The molecule has 166 valence electrons. The molecule has 0 saturated carbocycles. The largest absolute Gasteiger partial charge is 0.340 e. The SMILES string of the molecule is Cc1cnc(C(=O)N(CCC(=O)N2CCN(Cc3ccccc3)CC2)CC(C)C)cn1. The van der Waals surface area contributed by atoms with Gasteiger partial charge in [-0.25, -0.2) is 4.98 Å². The van der Waals surface area contributed by atoms with Gasteiger partial charge in [-0.05, 0) is 18.4 Å². The standard InChI is InChI=1S/C24H33N5O2/c1-19(2)17-29(24(31)22-16-25-20(3)15-26-22)10-9-23(30)28-13-11-27(12-14-28)18-21-7-5-4-6-8-21/h4-8,15-16,19H,9-14,17-18H2,1-3H3. The zero-order valence-electron chi connectivity index (χ0n) is 18.8. The predicted octanol–water partition coefficient (Wildman–Crippen LogP) is 2.62. The highest BCUT2D eigenvalue weighted by molar-refractivity contribution is 5.92. The minimum Gasteiger partial charge on any atom is -0.340 e. The number of hydrogen-bond donors (Lipinski definition) is 0. The maximum Gasteiger partial charge on any atom is 0.274 e. The van der Waals surface area contributed by atoms with Gasteiger partial charge in [-0.15, -0.1) is 0 Å². The fourth-order valence-electron chi connectivity index (χ4n) is 3.77. The van der Waals surface area contributed by atoms with Crippen LogP contribution in [0.3, 0.4) is 0 Å². The van der Waals surface area contributed by atoms with Gasteiger partial charge in [0.05, 0.1) is 11.9 Å². The Labute approximate surface area is 185 Å². The van der Waals surface area contributed by atoms with Crippen molar-refractivity contribution in [2.24, 2.45) is 5.92 Å². The summed E-state index contributed by atoms with van der Waals surface area (Å²) in [6, 6.07) is 10.4. The fraction of sp³-hybridized carbons (Fsp3) is 0.500. The van der Waals surface area contributed by atoms with Crippen molar-refractivity contribution in [1.29, 1.82) is 0 Å². The number of carbonyl (C=O) groups is 2. The van der Waals surface area contributed by atoms with Crippen LogP contribution in [0.1, 0.15) is 42.0 Å². The molecule has 0 N–H and O–H groups in total. The minimum atomic E-state index is -0.165. The Bertz CT molecular complexity index is 846. The Morgan fingerprint density at radius 2 is 1.74 bits per heavy atom. The second-order valence-electron chi connectivity index (χ2n) is 8.58. The normalized spacial score (nSPS) is 14.6. The number of aromatic nitrogens is 2. The van der Waals surface area contributed by atoms with E-state index in [1.54, 1.807) is 11.1 Å². The highest BCUT2D eigenvalue weighted by atomic mass is 16.2. The minimum absolute atomic E-state index is 0.107. The van der Waals surface area contributed by atoms with Crippen molar-refractivity contribution in [2.75, 3.05) is 39.3 Å². The maximum atomic E-state index is 12.9. The lowest BCUT2D eigenvalue weighted by Crippen LogP contribution is -2.49. The van der Waals surface area contributed by atoms with Crippen molar-refractivity contribution in [3.63, 3.8) is 0 Å². The molecule has 7 nitrogen and oxygen atoms in total. The lowest BCUT2D eigenvalue weighted by atomic mass is 10.1. The molecular formula is C24H33N5O2. The second kappa shape index (κ2) is 11.0. The Balaban J connectivity index is 1.50. The zero-order chi connectivity index (χ0) is 22.2. The molecule has 1 aliphatic rings. The summed E-state index contributed by atoms with van der Waals surface area (Å²) >= 11 is 0. The van der Waals surface area contributed by atoms with Crippen molar-refractivity contribution in [1.82, 2.24) is 24.7 Å². The number of aryl methyl sites for hydroxylation is 1. The second-order valence-corrected chi connectivity index (χ2v) is 8.58. The third kappa shape index (κ3) is 6.85. The van der Waals surface area contributed by atoms with E-state index in [0.29, 0.717) is 31.1 Å². The first-order valence-corrected chi connectivity index (χ1v) is 11.0. The molecule has 7 heteroatoms. The molecule has 31 heavy (non-hydrogen) atoms. The molecule has 2 heterocycles. The smallest absolute Gasteiger partial charge is 0.274 e. The van der Waals surface area contributed by atoms with Gasteiger partial charge in [0, 0.05) is 58.4 Å². The van der Waals surface area contributed by atoms with Crippen LogP contribution in [-0.4, -0.2) is 75.8 Å². The Kier molecular flexibility index (Phi) is 8.12. The number of benzene rings is 1. The van der Waals surface area contributed by atoms with E-state index in [0.717, 1.165) is 38.4 Å². The summed E-state index contributed by atoms with van der Waals surface area (Å²) in [6.07, 6.45) is 3.44. The molecule has 0 radical (unpaired) electrons. The number of rotatable bonds is 8. The predicted molar refractivity (Wildman–Crippen MR) is 120 cm³/mol. The number of carbonyl (C=O) groups excluding carboxylic acids is 2. The zero-order valence-corrected chi connectivity index (χ0v) is 18.8. The third-order valence-electron chi connectivity index (χ3n) is 5.44. The topological polar surface area (TPSA) is 69.6 Å². The van der Waals surface area contributed by atoms with Crippen molar-refractivity contribution >= 4 is 11.8 Å². The van der Waals surface area contributed by atoms with E-state index in [2.05, 4.69) is 53.0 Å². The van der Waals surface area contributed by atoms with Crippen LogP contribution in [0.4, 0.5) is 0 Å². The van der Waals surface area contributed by atoms with E-state index in [1.165, 1.54) is 11.8 Å². The van der Waals surface area contributed by atoms with E-state index in [4.69, 9.17) is 0 Å². The quantitative estimate of drug-likeness (QED) is 0.653. The average molecular weight is 424 g/mol. The van der Waals surface area contributed by atoms with Gasteiger partial charge in [0.2, 0.25) is 5.91 Å². The van der Waals surface area contributed by atoms with Crippen LogP contribution >= 0.6 is 0 Å². The van der Waals surface area contributed by atoms with E-state index < -0.39 is 0 Å². The number of amides is 2. The first-order chi connectivity index (χ1) is 14.9. The molecule has 2 amide bonds. The van der Waals surface area contributed by atoms with Crippen LogP contribution in [0.25, 0.3) is 0 Å². The molecule has 0 aliphatic carbocycles. The Hall–Kier alpha value is -2.80. The summed E-state index contributed by atoms with van der Waals surface area (Å²) in [7, 11) is 0. The van der Waals surface area contributed by atoms with Crippen LogP contribution in [-0.2, 0) is 11.3 Å². The molecule has 1 fully saturated rings. The molecule has 1 saturated heterocycles. The molecular weight excluding hydrogens is 390 g/mol. The summed E-state index contributed by atoms with van der Waals surface area (Å²) < 4.78 is 0. The first kappa shape index (κ1) is 22.9. The lowest BCUT2D eigenvalue weighted by Gasteiger charge is -2.35. The molecule has 0 atom stereocenters. The highest BCUT2D eigenvalue weighted by Crippen LogP contribution is 2.11. The summed E-state index contributed by atoms with van der Waals surface area (Å²) in [5.74, 6) is 0.247. The molecule has 0 bridgehead atoms. The van der Waals surface area contributed by atoms with Gasteiger partial charge < -0.3 is 9.80 Å². The van der Waals surface area contributed by atoms with E-state index in [-0.39, 0.29) is 11.8 Å². The van der Waals surface area contributed by atoms with E-state index in [9.17, 15) is 9.59 Å². The van der Waals surface area contributed by atoms with Crippen molar-refractivity contribution in [2.45, 2.75) is 33.7 Å². The number of piperazine rings is 1. The molecule has 3 rings (SSSR count). The van der Waals surface area contributed by atoms with Crippen molar-refractivity contribution in [3.8, 4) is 0 Å². The first-order valence-electron chi connectivity index (χ1n) is 11.0. The third-order valence-corrected chi connectivity index (χ3v) is 5.44. The van der Waals surface area contributed by atoms with Crippen molar-refractivity contribution in [3.05, 3.63) is 59.7 Å². The summed E-state index contributed by atoms with van der Waals surface area (Å²) in [5, 5.41) is 0. The van der Waals surface area contributed by atoms with Gasteiger partial charge >= 0.3 is 0 Å². The Morgan fingerprint density at radius 3 is 2.35 bits per heavy atom. The van der Waals surface area contributed by atoms with Crippen LogP contribution in [0, 0.1) is 12.8 Å². The van der Waals surface area contributed by atoms with Crippen LogP contribution in [0.15, 0.2) is 42.7 Å². The van der Waals surface area contributed by atoms with Crippen LogP contribution in [0.5, 0.6) is 0 Å².